The molecule has 0 saturated heterocycles. The zero-order valence-electron chi connectivity index (χ0n) is 21.7. The molecule has 0 aliphatic carbocycles. The van der Waals surface area contributed by atoms with Crippen LogP contribution in [0.4, 0.5) is 0 Å². The monoisotopic (exact) mass is 532 g/mol. The van der Waals surface area contributed by atoms with Crippen molar-refractivity contribution < 1.29 is 44.1 Å². The van der Waals surface area contributed by atoms with E-state index in [9.17, 15) is 33.9 Å². The molecule has 0 aromatic carbocycles. The van der Waals surface area contributed by atoms with E-state index in [0.29, 0.717) is 0 Å². The highest BCUT2D eigenvalue weighted by atomic mass is 16.4. The second kappa shape index (κ2) is 15.7. The average Bonchev–Trinajstić information content (AvgIpc) is 2.79. The maximum Gasteiger partial charge on any atom is 0.328 e. The number of hydrogen-bond donors (Lipinski definition) is 9. The van der Waals surface area contributed by atoms with E-state index in [2.05, 4.69) is 21.3 Å². The van der Waals surface area contributed by atoms with E-state index in [1.165, 1.54) is 6.92 Å². The standard InChI is InChI=1S/C22H40N6O9/c1-9(2)15(19(33)25-13(8-29)22(36)37)27-21(35)17(11(5)30)28-20(34)16(10(3)4)26-18(32)12(23)6-7-14(24)31/h9-13,15-17,29-30H,6-8,23H2,1-5H3,(H2,24,31)(H,25,33)(H,26,32)(H,27,35)(H,28,34)(H,36,37)/t11-,12+,13+,15+,16+,17+/m1/s1. The zero-order chi connectivity index (χ0) is 29.0. The van der Waals surface area contributed by atoms with Crippen molar-refractivity contribution in [2.75, 3.05) is 6.61 Å². The lowest BCUT2D eigenvalue weighted by molar-refractivity contribution is -0.143. The second-order valence-electron chi connectivity index (χ2n) is 9.38. The fourth-order valence-electron chi connectivity index (χ4n) is 3.10. The van der Waals surface area contributed by atoms with Crippen molar-refractivity contribution >= 4 is 35.5 Å². The molecular weight excluding hydrogens is 492 g/mol. The largest absolute Gasteiger partial charge is 0.480 e. The molecule has 0 heterocycles. The van der Waals surface area contributed by atoms with E-state index in [0.717, 1.165) is 0 Å². The Balaban J connectivity index is 5.54. The van der Waals surface area contributed by atoms with Crippen molar-refractivity contribution in [2.45, 2.75) is 83.8 Å². The number of amides is 5. The Morgan fingerprint density at radius 1 is 0.730 bits per heavy atom. The van der Waals surface area contributed by atoms with Crippen LogP contribution >= 0.6 is 0 Å². The van der Waals surface area contributed by atoms with E-state index in [4.69, 9.17) is 21.7 Å². The summed E-state index contributed by atoms with van der Waals surface area (Å²) in [5, 5.41) is 37.6. The van der Waals surface area contributed by atoms with Gasteiger partial charge in [0.05, 0.1) is 18.8 Å². The van der Waals surface area contributed by atoms with E-state index in [-0.39, 0.29) is 12.8 Å². The molecule has 0 aromatic heterocycles. The number of aliphatic carboxylic acids is 1. The second-order valence-corrected chi connectivity index (χ2v) is 9.38. The Morgan fingerprint density at radius 3 is 1.51 bits per heavy atom. The molecule has 212 valence electrons. The molecule has 37 heavy (non-hydrogen) atoms. The summed E-state index contributed by atoms with van der Waals surface area (Å²) in [6, 6.07) is -6.68. The molecule has 0 spiro atoms. The Morgan fingerprint density at radius 2 is 1.14 bits per heavy atom. The maximum absolute atomic E-state index is 12.9. The molecule has 0 saturated carbocycles. The number of aliphatic hydroxyl groups excluding tert-OH is 2. The number of carboxylic acids is 1. The smallest absolute Gasteiger partial charge is 0.328 e. The number of nitrogens with two attached hydrogens (primary N) is 2. The summed E-state index contributed by atoms with van der Waals surface area (Å²) in [5.41, 5.74) is 10.8. The Hall–Kier alpha value is -3.30. The third kappa shape index (κ3) is 11.5. The first-order valence-corrected chi connectivity index (χ1v) is 11.8. The fraction of sp³-hybridized carbons (Fsp3) is 0.727. The van der Waals surface area contributed by atoms with Crippen LogP contribution in [0.5, 0.6) is 0 Å². The Labute approximate surface area is 215 Å². The minimum absolute atomic E-state index is 0.0377. The predicted molar refractivity (Wildman–Crippen MR) is 130 cm³/mol. The van der Waals surface area contributed by atoms with Crippen molar-refractivity contribution in [3.8, 4) is 0 Å². The molecule has 0 rings (SSSR count). The van der Waals surface area contributed by atoms with Crippen molar-refractivity contribution in [3.05, 3.63) is 0 Å². The fourth-order valence-corrected chi connectivity index (χ4v) is 3.10. The van der Waals surface area contributed by atoms with Crippen LogP contribution in [0.25, 0.3) is 0 Å². The molecule has 0 radical (unpaired) electrons. The van der Waals surface area contributed by atoms with Gasteiger partial charge in [0.15, 0.2) is 0 Å². The van der Waals surface area contributed by atoms with Crippen molar-refractivity contribution in [2.24, 2.45) is 23.3 Å². The molecule has 0 aliphatic heterocycles. The van der Waals surface area contributed by atoms with Crippen LogP contribution in [0.3, 0.4) is 0 Å². The van der Waals surface area contributed by atoms with Gasteiger partial charge in [0.25, 0.3) is 0 Å². The molecule has 0 aliphatic rings. The van der Waals surface area contributed by atoms with Crippen LogP contribution < -0.4 is 32.7 Å². The van der Waals surface area contributed by atoms with Crippen molar-refractivity contribution in [3.63, 3.8) is 0 Å². The molecule has 15 heteroatoms. The number of carboxylic acid groups (broad SMARTS) is 1. The van der Waals surface area contributed by atoms with Crippen LogP contribution in [0, 0.1) is 11.8 Å². The number of rotatable bonds is 16. The van der Waals surface area contributed by atoms with E-state index >= 15 is 0 Å². The third-order valence-electron chi connectivity index (χ3n) is 5.39. The summed E-state index contributed by atoms with van der Waals surface area (Å²) in [6.07, 6.45) is -1.59. The van der Waals surface area contributed by atoms with Gasteiger partial charge in [-0.25, -0.2) is 4.79 Å². The number of hydrogen-bond acceptors (Lipinski definition) is 9. The summed E-state index contributed by atoms with van der Waals surface area (Å²) < 4.78 is 0. The summed E-state index contributed by atoms with van der Waals surface area (Å²) >= 11 is 0. The van der Waals surface area contributed by atoms with Gasteiger partial charge < -0.3 is 48.1 Å². The lowest BCUT2D eigenvalue weighted by atomic mass is 10.00. The molecule has 5 amide bonds. The number of nitrogens with one attached hydrogen (secondary N) is 4. The summed E-state index contributed by atoms with van der Waals surface area (Å²) in [7, 11) is 0. The first-order chi connectivity index (χ1) is 17.0. The summed E-state index contributed by atoms with van der Waals surface area (Å²) in [6.45, 7) is 6.73. The van der Waals surface area contributed by atoms with Crippen LogP contribution in [0.15, 0.2) is 0 Å². The number of carbonyl (C=O) groups excluding carboxylic acids is 5. The van der Waals surface area contributed by atoms with Gasteiger partial charge in [-0.3, -0.25) is 24.0 Å². The minimum atomic E-state index is -1.59. The summed E-state index contributed by atoms with van der Waals surface area (Å²) in [5.74, 6) is -6.49. The van der Waals surface area contributed by atoms with Gasteiger partial charge in [-0.1, -0.05) is 27.7 Å². The highest BCUT2D eigenvalue weighted by Gasteiger charge is 2.35. The van der Waals surface area contributed by atoms with Crippen molar-refractivity contribution in [1.82, 2.24) is 21.3 Å². The van der Waals surface area contributed by atoms with Gasteiger partial charge in [0.1, 0.15) is 24.2 Å². The first kappa shape index (κ1) is 33.7. The number of primary amides is 1. The minimum Gasteiger partial charge on any atom is -0.480 e. The van der Waals surface area contributed by atoms with Gasteiger partial charge in [-0.05, 0) is 25.2 Å². The normalized spacial score (nSPS) is 16.1. The van der Waals surface area contributed by atoms with Gasteiger partial charge in [0, 0.05) is 6.42 Å². The SMILES string of the molecule is CC(C)[C@H](NC(=O)[C@@H](NC(=O)[C@@H](NC(=O)[C@@H](N)CCC(N)=O)C(C)C)[C@@H](C)O)C(=O)N[C@@H](CO)C(=O)O. The van der Waals surface area contributed by atoms with Gasteiger partial charge in [-0.15, -0.1) is 0 Å². The maximum atomic E-state index is 12.9. The highest BCUT2D eigenvalue weighted by molar-refractivity contribution is 5.96. The van der Waals surface area contributed by atoms with E-state index in [1.807, 2.05) is 0 Å². The van der Waals surface area contributed by atoms with Crippen molar-refractivity contribution in [1.29, 1.82) is 0 Å². The quantitative estimate of drug-likeness (QED) is 0.0938. The Bertz CT molecular complexity index is 833. The van der Waals surface area contributed by atoms with Crippen LogP contribution in [0.2, 0.25) is 0 Å². The molecule has 0 aromatic rings. The molecule has 0 fully saturated rings. The number of aliphatic hydroxyl groups is 2. The van der Waals surface area contributed by atoms with Crippen LogP contribution in [-0.2, 0) is 28.8 Å². The molecule has 0 bridgehead atoms. The lowest BCUT2D eigenvalue weighted by Crippen LogP contribution is -2.62. The number of carbonyl (C=O) groups is 6. The Kier molecular flexibility index (Phi) is 14.3. The first-order valence-electron chi connectivity index (χ1n) is 11.8. The molecule has 11 N–H and O–H groups in total. The van der Waals surface area contributed by atoms with Gasteiger partial charge in [0.2, 0.25) is 29.5 Å². The predicted octanol–water partition coefficient (Wildman–Crippen LogP) is -3.71. The molecule has 15 nitrogen and oxygen atoms in total. The lowest BCUT2D eigenvalue weighted by Gasteiger charge is -2.29. The average molecular weight is 533 g/mol. The molecule has 6 atom stereocenters. The summed E-state index contributed by atoms with van der Waals surface area (Å²) in [4.78, 5) is 72.8. The van der Waals surface area contributed by atoms with Crippen LogP contribution in [0.1, 0.15) is 47.5 Å². The van der Waals surface area contributed by atoms with E-state index < -0.39 is 90.3 Å². The van der Waals surface area contributed by atoms with Gasteiger partial charge >= 0.3 is 5.97 Å². The highest BCUT2D eigenvalue weighted by Crippen LogP contribution is 2.08. The van der Waals surface area contributed by atoms with E-state index in [1.54, 1.807) is 27.7 Å². The topological polar surface area (TPSA) is 263 Å². The molecule has 0 unspecified atom stereocenters. The third-order valence-corrected chi connectivity index (χ3v) is 5.39. The van der Waals surface area contributed by atoms with Crippen LogP contribution in [-0.4, -0.2) is 93.7 Å². The van der Waals surface area contributed by atoms with Gasteiger partial charge in [-0.2, -0.15) is 0 Å². The molecular formula is C22H40N6O9. The zero-order valence-corrected chi connectivity index (χ0v) is 21.7.